The molecule has 0 aliphatic carbocycles. The normalized spacial score (nSPS) is 19.4. The molecule has 0 bridgehead atoms. The minimum absolute atomic E-state index is 0.187. The lowest BCUT2D eigenvalue weighted by Gasteiger charge is -2.08. The Hall–Kier alpha value is -1.14. The van der Waals surface area contributed by atoms with Crippen LogP contribution in [0.3, 0.4) is 0 Å². The summed E-state index contributed by atoms with van der Waals surface area (Å²) in [5.41, 5.74) is 0.767. The number of carbonyl (C=O) groups is 1. The van der Waals surface area contributed by atoms with Gasteiger partial charge in [0.05, 0.1) is 11.8 Å². The molecule has 1 fully saturated rings. The summed E-state index contributed by atoms with van der Waals surface area (Å²) in [6.45, 7) is 0.846. The number of nitrogens with zero attached hydrogens (tertiary/aromatic N) is 2. The summed E-state index contributed by atoms with van der Waals surface area (Å²) in [6.07, 6.45) is 5.27. The highest BCUT2D eigenvalue weighted by molar-refractivity contribution is 7.98. The third kappa shape index (κ3) is 3.41. The SMILES string of the molecule is O=C(O)c1cncnc1CSCC1CCCO1. The first-order valence-corrected chi connectivity index (χ1v) is 6.64. The Morgan fingerprint density at radius 2 is 2.53 bits per heavy atom. The molecule has 0 saturated carbocycles. The molecular weight excluding hydrogens is 240 g/mol. The van der Waals surface area contributed by atoms with Gasteiger partial charge in [-0.05, 0) is 12.8 Å². The van der Waals surface area contributed by atoms with Crippen LogP contribution in [0.2, 0.25) is 0 Å². The summed E-state index contributed by atoms with van der Waals surface area (Å²) in [6, 6.07) is 0. The zero-order valence-corrected chi connectivity index (χ0v) is 10.2. The Labute approximate surface area is 104 Å². The molecule has 6 heteroatoms. The van der Waals surface area contributed by atoms with E-state index in [1.54, 1.807) is 11.8 Å². The first kappa shape index (κ1) is 12.3. The van der Waals surface area contributed by atoms with Crippen molar-refractivity contribution in [2.45, 2.75) is 24.7 Å². The van der Waals surface area contributed by atoms with E-state index in [4.69, 9.17) is 9.84 Å². The van der Waals surface area contributed by atoms with Gasteiger partial charge in [-0.3, -0.25) is 0 Å². The van der Waals surface area contributed by atoms with Gasteiger partial charge < -0.3 is 9.84 Å². The smallest absolute Gasteiger partial charge is 0.339 e. The van der Waals surface area contributed by atoms with E-state index in [2.05, 4.69) is 9.97 Å². The Morgan fingerprint density at radius 3 is 3.24 bits per heavy atom. The number of aromatic carboxylic acids is 1. The van der Waals surface area contributed by atoms with E-state index < -0.39 is 5.97 Å². The van der Waals surface area contributed by atoms with Crippen molar-refractivity contribution in [3.63, 3.8) is 0 Å². The summed E-state index contributed by atoms with van der Waals surface area (Å²) in [7, 11) is 0. The van der Waals surface area contributed by atoms with Crippen LogP contribution in [0.5, 0.6) is 0 Å². The van der Waals surface area contributed by atoms with Gasteiger partial charge in [-0.2, -0.15) is 11.8 Å². The van der Waals surface area contributed by atoms with Crippen molar-refractivity contribution in [2.24, 2.45) is 0 Å². The Kier molecular flexibility index (Phi) is 4.33. The van der Waals surface area contributed by atoms with Crippen molar-refractivity contribution in [3.8, 4) is 0 Å². The van der Waals surface area contributed by atoms with Crippen LogP contribution in [0.25, 0.3) is 0 Å². The lowest BCUT2D eigenvalue weighted by molar-refractivity contribution is 0.0695. The van der Waals surface area contributed by atoms with Crippen LogP contribution < -0.4 is 0 Å². The second-order valence-corrected chi connectivity index (χ2v) is 4.87. The molecule has 17 heavy (non-hydrogen) atoms. The number of rotatable bonds is 5. The van der Waals surface area contributed by atoms with Crippen LogP contribution in [0.15, 0.2) is 12.5 Å². The lowest BCUT2D eigenvalue weighted by Crippen LogP contribution is -2.09. The van der Waals surface area contributed by atoms with Gasteiger partial charge in [0.2, 0.25) is 0 Å². The number of carboxylic acids is 1. The summed E-state index contributed by atoms with van der Waals surface area (Å²) in [4.78, 5) is 18.7. The highest BCUT2D eigenvalue weighted by Gasteiger charge is 2.16. The molecule has 0 amide bonds. The van der Waals surface area contributed by atoms with E-state index in [-0.39, 0.29) is 5.56 Å². The molecule has 1 aromatic rings. The molecule has 1 N–H and O–H groups in total. The van der Waals surface area contributed by atoms with Gasteiger partial charge in [-0.25, -0.2) is 14.8 Å². The molecule has 92 valence electrons. The van der Waals surface area contributed by atoms with E-state index >= 15 is 0 Å². The maximum atomic E-state index is 10.9. The molecule has 5 nitrogen and oxygen atoms in total. The number of aromatic nitrogens is 2. The number of ether oxygens (including phenoxy) is 1. The quantitative estimate of drug-likeness (QED) is 0.860. The van der Waals surface area contributed by atoms with Crippen molar-refractivity contribution >= 4 is 17.7 Å². The predicted octanol–water partition coefficient (Wildman–Crippen LogP) is 1.59. The summed E-state index contributed by atoms with van der Waals surface area (Å²) in [5, 5.41) is 8.96. The van der Waals surface area contributed by atoms with Crippen LogP contribution in [0, 0.1) is 0 Å². The fraction of sp³-hybridized carbons (Fsp3) is 0.545. The van der Waals surface area contributed by atoms with Gasteiger partial charge >= 0.3 is 5.97 Å². The first-order valence-electron chi connectivity index (χ1n) is 5.49. The third-order valence-electron chi connectivity index (χ3n) is 2.59. The minimum atomic E-state index is -0.974. The summed E-state index contributed by atoms with van der Waals surface area (Å²) < 4.78 is 5.50. The average Bonchev–Trinajstić information content (AvgIpc) is 2.82. The van der Waals surface area contributed by atoms with Crippen molar-refractivity contribution < 1.29 is 14.6 Å². The fourth-order valence-corrected chi connectivity index (χ4v) is 2.78. The van der Waals surface area contributed by atoms with Crippen molar-refractivity contribution in [1.29, 1.82) is 0 Å². The molecule has 1 atom stereocenters. The van der Waals surface area contributed by atoms with Gasteiger partial charge in [0.25, 0.3) is 0 Å². The standard InChI is InChI=1S/C11H14N2O3S/c14-11(15)9-4-12-7-13-10(9)6-17-5-8-2-1-3-16-8/h4,7-8H,1-3,5-6H2,(H,14,15). The zero-order chi connectivity index (χ0) is 12.1. The van der Waals surface area contributed by atoms with Crippen LogP contribution in [0.4, 0.5) is 0 Å². The number of hydrogen-bond donors (Lipinski definition) is 1. The Morgan fingerprint density at radius 1 is 1.65 bits per heavy atom. The number of thioether (sulfide) groups is 1. The van der Waals surface area contributed by atoms with Crippen LogP contribution >= 0.6 is 11.8 Å². The monoisotopic (exact) mass is 254 g/mol. The van der Waals surface area contributed by atoms with Crippen LogP contribution in [-0.2, 0) is 10.5 Å². The van der Waals surface area contributed by atoms with Gasteiger partial charge in [-0.15, -0.1) is 0 Å². The van der Waals surface area contributed by atoms with Crippen LogP contribution in [0.1, 0.15) is 28.9 Å². The maximum Gasteiger partial charge on any atom is 0.339 e. The Balaban J connectivity index is 1.87. The molecule has 0 spiro atoms. The summed E-state index contributed by atoms with van der Waals surface area (Å²) >= 11 is 1.66. The molecule has 1 unspecified atom stereocenters. The van der Waals surface area contributed by atoms with Crippen molar-refractivity contribution in [3.05, 3.63) is 23.8 Å². The topological polar surface area (TPSA) is 72.3 Å². The highest BCUT2D eigenvalue weighted by Crippen LogP contribution is 2.20. The van der Waals surface area contributed by atoms with E-state index in [0.29, 0.717) is 17.6 Å². The average molecular weight is 254 g/mol. The van der Waals surface area contributed by atoms with Gasteiger partial charge in [0.1, 0.15) is 11.9 Å². The third-order valence-corrected chi connectivity index (χ3v) is 3.68. The molecular formula is C11H14N2O3S. The molecule has 0 radical (unpaired) electrons. The molecule has 1 aliphatic heterocycles. The maximum absolute atomic E-state index is 10.9. The zero-order valence-electron chi connectivity index (χ0n) is 9.33. The van der Waals surface area contributed by atoms with Crippen LogP contribution in [-0.4, -0.2) is 39.5 Å². The second kappa shape index (κ2) is 5.97. The molecule has 1 saturated heterocycles. The van der Waals surface area contributed by atoms with Gasteiger partial charge in [0.15, 0.2) is 0 Å². The van der Waals surface area contributed by atoms with E-state index in [1.807, 2.05) is 0 Å². The summed E-state index contributed by atoms with van der Waals surface area (Å²) in [5.74, 6) is 0.505. The van der Waals surface area contributed by atoms with E-state index in [9.17, 15) is 4.79 Å². The van der Waals surface area contributed by atoms with Crippen molar-refractivity contribution in [1.82, 2.24) is 9.97 Å². The first-order chi connectivity index (χ1) is 8.27. The number of carboxylic acid groups (broad SMARTS) is 1. The van der Waals surface area contributed by atoms with E-state index in [1.165, 1.54) is 12.5 Å². The second-order valence-electron chi connectivity index (χ2n) is 3.84. The highest BCUT2D eigenvalue weighted by atomic mass is 32.2. The van der Waals surface area contributed by atoms with Gasteiger partial charge in [-0.1, -0.05) is 0 Å². The molecule has 2 rings (SSSR count). The molecule has 1 aliphatic rings. The Bertz CT molecular complexity index is 394. The molecule has 0 aromatic carbocycles. The minimum Gasteiger partial charge on any atom is -0.478 e. The lowest BCUT2D eigenvalue weighted by atomic mass is 10.2. The van der Waals surface area contributed by atoms with Gasteiger partial charge in [0, 0.05) is 24.3 Å². The predicted molar refractivity (Wildman–Crippen MR) is 64.1 cm³/mol. The molecule has 2 heterocycles. The van der Waals surface area contributed by atoms with E-state index in [0.717, 1.165) is 25.2 Å². The largest absolute Gasteiger partial charge is 0.478 e. The van der Waals surface area contributed by atoms with Crippen molar-refractivity contribution in [2.75, 3.05) is 12.4 Å². The fourth-order valence-electron chi connectivity index (χ4n) is 1.71. The number of hydrogen-bond acceptors (Lipinski definition) is 5. The molecule has 1 aromatic heterocycles.